The zero-order valence-electron chi connectivity index (χ0n) is 15.1. The summed E-state index contributed by atoms with van der Waals surface area (Å²) in [5.74, 6) is 0. The van der Waals surface area contributed by atoms with Crippen LogP contribution in [-0.2, 0) is 16.6 Å². The van der Waals surface area contributed by atoms with Crippen LogP contribution in [0.25, 0.3) is 5.65 Å². The molecule has 0 atom stereocenters. The first-order valence-electron chi connectivity index (χ1n) is 8.70. The van der Waals surface area contributed by atoms with E-state index in [1.807, 2.05) is 28.8 Å². The maximum Gasteiger partial charge on any atom is 0.269 e. The second-order valence-corrected chi connectivity index (χ2v) is 8.14. The van der Waals surface area contributed by atoms with Gasteiger partial charge in [-0.1, -0.05) is 24.3 Å². The molecule has 2 aromatic heterocycles. The van der Waals surface area contributed by atoms with Crippen LogP contribution in [0.4, 0.5) is 11.4 Å². The van der Waals surface area contributed by atoms with E-state index in [4.69, 9.17) is 0 Å². The molecule has 4 aromatic rings. The number of benzene rings is 2. The summed E-state index contributed by atoms with van der Waals surface area (Å²) < 4.78 is 29.9. The van der Waals surface area contributed by atoms with Gasteiger partial charge in [-0.25, -0.2) is 13.4 Å². The van der Waals surface area contributed by atoms with Crippen LogP contribution >= 0.6 is 0 Å². The van der Waals surface area contributed by atoms with E-state index >= 15 is 0 Å². The summed E-state index contributed by atoms with van der Waals surface area (Å²) in [6.45, 7) is 0.0501. The fourth-order valence-corrected chi connectivity index (χ4v) is 4.46. The van der Waals surface area contributed by atoms with Gasteiger partial charge in [0.15, 0.2) is 0 Å². The standard InChI is InChI=1S/C20H16N4O4S/c25-24(26)17-9-11-19(12-10-17)29(27,28)23(16-6-2-1-3-7-16)15-18-14-21-20-8-4-5-13-22(18)20/h1-14H,15H2. The van der Waals surface area contributed by atoms with Crippen molar-refractivity contribution in [1.82, 2.24) is 9.38 Å². The summed E-state index contributed by atoms with van der Waals surface area (Å²) in [6, 6.07) is 19.1. The number of anilines is 1. The number of aromatic nitrogens is 2. The molecule has 0 saturated heterocycles. The average Bonchev–Trinajstić information content (AvgIpc) is 3.15. The van der Waals surface area contributed by atoms with E-state index in [-0.39, 0.29) is 17.1 Å². The zero-order chi connectivity index (χ0) is 20.4. The number of para-hydroxylation sites is 1. The summed E-state index contributed by atoms with van der Waals surface area (Å²) in [5, 5.41) is 10.9. The first kappa shape index (κ1) is 18.6. The molecule has 2 heterocycles. The molecule has 0 aliphatic carbocycles. The van der Waals surface area contributed by atoms with Gasteiger partial charge < -0.3 is 4.40 Å². The minimum atomic E-state index is -3.97. The number of pyridine rings is 1. The SMILES string of the molecule is O=[N+]([O-])c1ccc(S(=O)(=O)N(Cc2cnc3ccccn23)c2ccccc2)cc1. The molecule has 0 unspecified atom stereocenters. The predicted octanol–water partition coefficient (Wildman–Crippen LogP) is 3.64. The van der Waals surface area contributed by atoms with E-state index in [1.165, 1.54) is 28.6 Å². The zero-order valence-corrected chi connectivity index (χ0v) is 15.9. The van der Waals surface area contributed by atoms with Crippen molar-refractivity contribution in [2.24, 2.45) is 0 Å². The average molecular weight is 408 g/mol. The molecule has 0 saturated carbocycles. The molecular formula is C20H16N4O4S. The van der Waals surface area contributed by atoms with Crippen molar-refractivity contribution in [3.8, 4) is 0 Å². The number of imidazole rings is 1. The van der Waals surface area contributed by atoms with E-state index in [0.29, 0.717) is 17.0 Å². The number of nitrogens with zero attached hydrogens (tertiary/aromatic N) is 4. The number of fused-ring (bicyclic) bond motifs is 1. The Labute approximate surface area is 166 Å². The van der Waals surface area contributed by atoms with E-state index in [0.717, 1.165) is 0 Å². The number of nitro groups is 1. The molecule has 0 fully saturated rings. The molecule has 4 rings (SSSR count). The van der Waals surface area contributed by atoms with Gasteiger partial charge in [-0.2, -0.15) is 0 Å². The van der Waals surface area contributed by atoms with E-state index in [1.54, 1.807) is 36.5 Å². The lowest BCUT2D eigenvalue weighted by Gasteiger charge is -2.24. The molecule has 29 heavy (non-hydrogen) atoms. The maximum absolute atomic E-state index is 13.4. The van der Waals surface area contributed by atoms with Gasteiger partial charge >= 0.3 is 0 Å². The molecule has 0 amide bonds. The maximum atomic E-state index is 13.4. The first-order valence-corrected chi connectivity index (χ1v) is 10.1. The van der Waals surface area contributed by atoms with Crippen molar-refractivity contribution in [2.75, 3.05) is 4.31 Å². The fourth-order valence-electron chi connectivity index (χ4n) is 3.03. The van der Waals surface area contributed by atoms with Crippen molar-refractivity contribution < 1.29 is 13.3 Å². The Balaban J connectivity index is 1.79. The van der Waals surface area contributed by atoms with Gasteiger partial charge in [0, 0.05) is 18.3 Å². The van der Waals surface area contributed by atoms with E-state index < -0.39 is 14.9 Å². The molecule has 0 aliphatic heterocycles. The Morgan fingerprint density at radius 3 is 2.34 bits per heavy atom. The van der Waals surface area contributed by atoms with Crippen LogP contribution < -0.4 is 4.31 Å². The molecule has 0 radical (unpaired) electrons. The summed E-state index contributed by atoms with van der Waals surface area (Å²) >= 11 is 0. The molecule has 9 heteroatoms. The Morgan fingerprint density at radius 2 is 1.66 bits per heavy atom. The monoisotopic (exact) mass is 408 g/mol. The first-order chi connectivity index (χ1) is 14.0. The smallest absolute Gasteiger partial charge is 0.269 e. The third-order valence-electron chi connectivity index (χ3n) is 4.48. The number of rotatable bonds is 6. The van der Waals surface area contributed by atoms with Crippen molar-refractivity contribution in [3.05, 3.63) is 101 Å². The third kappa shape index (κ3) is 3.55. The van der Waals surface area contributed by atoms with Gasteiger partial charge in [0.2, 0.25) is 0 Å². The summed E-state index contributed by atoms with van der Waals surface area (Å²) in [6.07, 6.45) is 3.45. The quantitative estimate of drug-likeness (QED) is 0.358. The van der Waals surface area contributed by atoms with Crippen molar-refractivity contribution in [3.63, 3.8) is 0 Å². The molecule has 0 N–H and O–H groups in total. The Hall–Kier alpha value is -3.72. The molecule has 146 valence electrons. The third-order valence-corrected chi connectivity index (χ3v) is 6.27. The van der Waals surface area contributed by atoms with Crippen LogP contribution in [0.5, 0.6) is 0 Å². The lowest BCUT2D eigenvalue weighted by molar-refractivity contribution is -0.384. The second kappa shape index (κ2) is 7.36. The van der Waals surface area contributed by atoms with Crippen LogP contribution in [0.3, 0.4) is 0 Å². The fraction of sp³-hybridized carbons (Fsp3) is 0.0500. The minimum Gasteiger partial charge on any atom is -0.302 e. The van der Waals surface area contributed by atoms with Crippen LogP contribution in [0.15, 0.2) is 90.1 Å². The lowest BCUT2D eigenvalue weighted by Crippen LogP contribution is -2.31. The van der Waals surface area contributed by atoms with Gasteiger partial charge in [0.1, 0.15) is 5.65 Å². The van der Waals surface area contributed by atoms with Crippen molar-refractivity contribution in [1.29, 1.82) is 0 Å². The Bertz CT molecular complexity index is 1270. The molecular weight excluding hydrogens is 392 g/mol. The summed E-state index contributed by atoms with van der Waals surface area (Å²) in [4.78, 5) is 14.6. The number of hydrogen-bond donors (Lipinski definition) is 0. The van der Waals surface area contributed by atoms with E-state index in [2.05, 4.69) is 4.98 Å². The van der Waals surface area contributed by atoms with Crippen LogP contribution in [-0.4, -0.2) is 22.7 Å². The normalized spacial score (nSPS) is 11.4. The highest BCUT2D eigenvalue weighted by molar-refractivity contribution is 7.92. The number of hydrogen-bond acceptors (Lipinski definition) is 5. The Morgan fingerprint density at radius 1 is 0.966 bits per heavy atom. The number of sulfonamides is 1. The summed E-state index contributed by atoms with van der Waals surface area (Å²) in [7, 11) is -3.97. The lowest BCUT2D eigenvalue weighted by atomic mass is 10.3. The van der Waals surface area contributed by atoms with Gasteiger partial charge in [-0.15, -0.1) is 0 Å². The van der Waals surface area contributed by atoms with Crippen LogP contribution in [0.2, 0.25) is 0 Å². The van der Waals surface area contributed by atoms with Gasteiger partial charge in [0.05, 0.1) is 33.9 Å². The second-order valence-electron chi connectivity index (χ2n) is 6.28. The minimum absolute atomic E-state index is 0.0271. The van der Waals surface area contributed by atoms with Crippen molar-refractivity contribution >= 4 is 27.0 Å². The molecule has 0 bridgehead atoms. The van der Waals surface area contributed by atoms with Gasteiger partial charge in [-0.05, 0) is 36.4 Å². The predicted molar refractivity (Wildman–Crippen MR) is 108 cm³/mol. The number of nitro benzene ring substituents is 1. The molecule has 0 aliphatic rings. The highest BCUT2D eigenvalue weighted by atomic mass is 32.2. The largest absolute Gasteiger partial charge is 0.302 e. The van der Waals surface area contributed by atoms with Gasteiger partial charge in [0.25, 0.3) is 15.7 Å². The number of non-ortho nitro benzene ring substituents is 1. The van der Waals surface area contributed by atoms with Crippen LogP contribution in [0.1, 0.15) is 5.69 Å². The van der Waals surface area contributed by atoms with Crippen LogP contribution in [0, 0.1) is 10.1 Å². The van der Waals surface area contributed by atoms with Crippen molar-refractivity contribution in [2.45, 2.75) is 11.4 Å². The highest BCUT2D eigenvalue weighted by Crippen LogP contribution is 2.27. The topological polar surface area (TPSA) is 97.8 Å². The summed E-state index contributed by atoms with van der Waals surface area (Å²) in [5.41, 5.74) is 1.71. The molecule has 0 spiro atoms. The highest BCUT2D eigenvalue weighted by Gasteiger charge is 2.26. The molecule has 2 aromatic carbocycles. The Kier molecular flexibility index (Phi) is 4.73. The van der Waals surface area contributed by atoms with E-state index in [9.17, 15) is 18.5 Å². The molecule has 8 nitrogen and oxygen atoms in total. The van der Waals surface area contributed by atoms with Gasteiger partial charge in [-0.3, -0.25) is 14.4 Å².